The summed E-state index contributed by atoms with van der Waals surface area (Å²) in [5.41, 5.74) is 1.07. The summed E-state index contributed by atoms with van der Waals surface area (Å²) in [7, 11) is 0. The van der Waals surface area contributed by atoms with Gasteiger partial charge in [0.2, 0.25) is 4.73 Å². The highest BCUT2D eigenvalue weighted by atomic mass is 79.9. The van der Waals surface area contributed by atoms with Crippen molar-refractivity contribution < 1.29 is 0 Å². The highest BCUT2D eigenvalue weighted by molar-refractivity contribution is 9.10. The molecular formula is C12H12BrN3OS. The van der Waals surface area contributed by atoms with Crippen molar-refractivity contribution in [3.63, 3.8) is 0 Å². The Hall–Kier alpha value is -1.01. The molecule has 4 nitrogen and oxygen atoms in total. The van der Waals surface area contributed by atoms with Gasteiger partial charge in [0.25, 0.3) is 0 Å². The molecule has 0 bridgehead atoms. The first-order valence-electron chi connectivity index (χ1n) is 5.72. The largest absolute Gasteiger partial charge is 0.347 e. The Morgan fingerprint density at radius 2 is 2.06 bits per heavy atom. The Morgan fingerprint density at radius 1 is 1.33 bits per heavy atom. The molecule has 6 heteroatoms. The molecule has 0 unspecified atom stereocenters. The Bertz CT molecular complexity index is 604. The lowest BCUT2D eigenvalue weighted by molar-refractivity contribution is 0.501. The molecule has 0 aliphatic carbocycles. The van der Waals surface area contributed by atoms with Gasteiger partial charge >= 0.3 is 5.69 Å². The number of hydrogen-bond donors (Lipinski definition) is 0. The van der Waals surface area contributed by atoms with Gasteiger partial charge in [0, 0.05) is 11.5 Å². The van der Waals surface area contributed by atoms with Crippen molar-refractivity contribution in [2.45, 2.75) is 12.6 Å². The summed E-state index contributed by atoms with van der Waals surface area (Å²) in [4.78, 5) is 12.3. The molecule has 1 aliphatic heterocycles. The van der Waals surface area contributed by atoms with Gasteiger partial charge in [0.1, 0.15) is 0 Å². The normalized spacial score (nSPS) is 15.6. The zero-order valence-corrected chi connectivity index (χ0v) is 12.0. The van der Waals surface area contributed by atoms with Crippen molar-refractivity contribution in [3.8, 4) is 0 Å². The summed E-state index contributed by atoms with van der Waals surface area (Å²) in [6.07, 6.45) is 0. The molecule has 3 rings (SSSR count). The van der Waals surface area contributed by atoms with E-state index in [0.717, 1.165) is 17.1 Å². The monoisotopic (exact) mass is 325 g/mol. The van der Waals surface area contributed by atoms with Gasteiger partial charge < -0.3 is 0 Å². The smallest absolute Gasteiger partial charge is 0.265 e. The van der Waals surface area contributed by atoms with Crippen molar-refractivity contribution in [2.24, 2.45) is 0 Å². The van der Waals surface area contributed by atoms with E-state index in [2.05, 4.69) is 21.0 Å². The van der Waals surface area contributed by atoms with Crippen LogP contribution >= 0.6 is 27.7 Å². The van der Waals surface area contributed by atoms with E-state index in [9.17, 15) is 4.79 Å². The van der Waals surface area contributed by atoms with Gasteiger partial charge in [0.05, 0.1) is 12.6 Å². The van der Waals surface area contributed by atoms with Gasteiger partial charge in [-0.25, -0.2) is 9.48 Å². The standard InChI is InChI=1S/C12H12BrN3OS/c13-11-14-16(10-7-18-8-10)12(17)15(11)6-9-4-2-1-3-5-9/h1-5,10H,6-8H2. The van der Waals surface area contributed by atoms with E-state index in [4.69, 9.17) is 0 Å². The molecule has 1 fully saturated rings. The predicted molar refractivity (Wildman–Crippen MR) is 76.1 cm³/mol. The molecular weight excluding hydrogens is 314 g/mol. The second-order valence-electron chi connectivity index (χ2n) is 4.26. The summed E-state index contributed by atoms with van der Waals surface area (Å²) >= 11 is 5.21. The maximum absolute atomic E-state index is 12.3. The fourth-order valence-electron chi connectivity index (χ4n) is 1.89. The van der Waals surface area contributed by atoms with Crippen LogP contribution in [0.2, 0.25) is 0 Å². The molecule has 0 N–H and O–H groups in total. The number of halogens is 1. The van der Waals surface area contributed by atoms with E-state index in [-0.39, 0.29) is 11.7 Å². The Kier molecular flexibility index (Phi) is 3.30. The van der Waals surface area contributed by atoms with Crippen molar-refractivity contribution >= 4 is 27.7 Å². The fourth-order valence-corrected chi connectivity index (χ4v) is 3.07. The number of benzene rings is 1. The van der Waals surface area contributed by atoms with Crippen molar-refractivity contribution in [2.75, 3.05) is 11.5 Å². The molecule has 0 saturated carbocycles. The molecule has 0 atom stereocenters. The molecule has 1 aliphatic rings. The first kappa shape index (κ1) is 12.0. The summed E-state index contributed by atoms with van der Waals surface area (Å²) in [5.74, 6) is 1.96. The Balaban J connectivity index is 1.92. The first-order valence-corrected chi connectivity index (χ1v) is 7.67. The lowest BCUT2D eigenvalue weighted by atomic mass is 10.2. The van der Waals surface area contributed by atoms with Crippen LogP contribution in [0.25, 0.3) is 0 Å². The third-order valence-electron chi connectivity index (χ3n) is 2.99. The predicted octanol–water partition coefficient (Wildman–Crippen LogP) is 2.14. The van der Waals surface area contributed by atoms with Crippen molar-refractivity contribution in [3.05, 3.63) is 51.1 Å². The Morgan fingerprint density at radius 3 is 2.67 bits per heavy atom. The highest BCUT2D eigenvalue weighted by Crippen LogP contribution is 2.27. The number of aromatic nitrogens is 3. The topological polar surface area (TPSA) is 39.8 Å². The third-order valence-corrected chi connectivity index (χ3v) is 4.82. The molecule has 18 heavy (non-hydrogen) atoms. The molecule has 0 radical (unpaired) electrons. The maximum Gasteiger partial charge on any atom is 0.347 e. The summed E-state index contributed by atoms with van der Waals surface area (Å²) < 4.78 is 3.87. The van der Waals surface area contributed by atoms with Crippen LogP contribution in [0.5, 0.6) is 0 Å². The van der Waals surface area contributed by atoms with Gasteiger partial charge in [-0.1, -0.05) is 30.3 Å². The minimum Gasteiger partial charge on any atom is -0.265 e. The molecule has 1 saturated heterocycles. The summed E-state index contributed by atoms with van der Waals surface area (Å²) in [6.45, 7) is 0.556. The highest BCUT2D eigenvalue weighted by Gasteiger charge is 2.25. The minimum atomic E-state index is -0.0315. The number of nitrogens with zero attached hydrogens (tertiary/aromatic N) is 3. The third kappa shape index (κ3) is 2.14. The molecule has 1 aromatic heterocycles. The van der Waals surface area contributed by atoms with Crippen LogP contribution in [0.1, 0.15) is 11.6 Å². The summed E-state index contributed by atoms with van der Waals surface area (Å²) in [5, 5.41) is 4.30. The lowest BCUT2D eigenvalue weighted by Crippen LogP contribution is -2.34. The Labute approximate surface area is 117 Å². The van der Waals surface area contributed by atoms with Crippen LogP contribution in [0.15, 0.2) is 39.9 Å². The van der Waals surface area contributed by atoms with Gasteiger partial charge in [-0.2, -0.15) is 11.8 Å². The van der Waals surface area contributed by atoms with Crippen LogP contribution < -0.4 is 5.69 Å². The van der Waals surface area contributed by atoms with E-state index >= 15 is 0 Å². The van der Waals surface area contributed by atoms with Crippen LogP contribution in [0, 0.1) is 0 Å². The van der Waals surface area contributed by atoms with Crippen LogP contribution in [-0.4, -0.2) is 25.9 Å². The number of rotatable bonds is 3. The van der Waals surface area contributed by atoms with E-state index in [0.29, 0.717) is 11.3 Å². The zero-order chi connectivity index (χ0) is 12.5. The molecule has 0 spiro atoms. The van der Waals surface area contributed by atoms with Crippen LogP contribution in [-0.2, 0) is 6.54 Å². The molecule has 94 valence electrons. The lowest BCUT2D eigenvalue weighted by Gasteiger charge is -2.23. The molecule has 2 heterocycles. The second-order valence-corrected chi connectivity index (χ2v) is 6.04. The number of hydrogen-bond acceptors (Lipinski definition) is 3. The van der Waals surface area contributed by atoms with Gasteiger partial charge in [-0.3, -0.25) is 4.57 Å². The minimum absolute atomic E-state index is 0.0315. The average molecular weight is 326 g/mol. The van der Waals surface area contributed by atoms with E-state index in [1.54, 1.807) is 9.25 Å². The van der Waals surface area contributed by atoms with E-state index in [1.165, 1.54) is 0 Å². The van der Waals surface area contributed by atoms with Crippen molar-refractivity contribution in [1.82, 2.24) is 14.3 Å². The van der Waals surface area contributed by atoms with Crippen molar-refractivity contribution in [1.29, 1.82) is 0 Å². The molecule has 1 aromatic carbocycles. The van der Waals surface area contributed by atoms with E-state index in [1.807, 2.05) is 42.1 Å². The van der Waals surface area contributed by atoms with Gasteiger partial charge in [-0.05, 0) is 21.5 Å². The summed E-state index contributed by atoms with van der Waals surface area (Å²) in [6, 6.07) is 10.2. The zero-order valence-electron chi connectivity index (χ0n) is 9.62. The van der Waals surface area contributed by atoms with Gasteiger partial charge in [-0.15, -0.1) is 5.10 Å². The number of thioether (sulfide) groups is 1. The first-order chi connectivity index (χ1) is 8.75. The average Bonchev–Trinajstić information content (AvgIpc) is 2.57. The second kappa shape index (κ2) is 4.93. The fraction of sp³-hybridized carbons (Fsp3) is 0.333. The quantitative estimate of drug-likeness (QED) is 0.868. The van der Waals surface area contributed by atoms with E-state index < -0.39 is 0 Å². The maximum atomic E-state index is 12.3. The van der Waals surface area contributed by atoms with Crippen LogP contribution in [0.3, 0.4) is 0 Å². The molecule has 0 amide bonds. The molecule has 2 aromatic rings. The van der Waals surface area contributed by atoms with Crippen LogP contribution in [0.4, 0.5) is 0 Å². The van der Waals surface area contributed by atoms with Gasteiger partial charge in [0.15, 0.2) is 0 Å². The SMILES string of the molecule is O=c1n(C2CSC2)nc(Br)n1Cc1ccccc1.